The summed E-state index contributed by atoms with van der Waals surface area (Å²) in [5.74, 6) is 0.376. The molecule has 0 heterocycles. The number of carbonyl (C=O) groups excluding carboxylic acids is 2. The molecule has 5 nitrogen and oxygen atoms in total. The lowest BCUT2D eigenvalue weighted by molar-refractivity contribution is -0.127. The molecule has 0 fully saturated rings. The van der Waals surface area contributed by atoms with E-state index in [0.29, 0.717) is 6.42 Å². The van der Waals surface area contributed by atoms with Crippen molar-refractivity contribution in [2.75, 3.05) is 18.6 Å². The lowest BCUT2D eigenvalue weighted by atomic mass is 10.2. The highest BCUT2D eigenvalue weighted by Crippen LogP contribution is 1.98. The smallest absolute Gasteiger partial charge is 0.239 e. The molecule has 0 rings (SSSR count). The van der Waals surface area contributed by atoms with E-state index in [1.165, 1.54) is 0 Å². The molecule has 1 atom stereocenters. The lowest BCUT2D eigenvalue weighted by Crippen LogP contribution is -2.46. The van der Waals surface area contributed by atoms with E-state index in [2.05, 4.69) is 10.6 Å². The SMILES string of the molecule is CSCC[C@@H](N)C(=O)NCC(=O)NC(C)C. The fourth-order valence-corrected chi connectivity index (χ4v) is 1.54. The Morgan fingerprint density at radius 1 is 1.38 bits per heavy atom. The van der Waals surface area contributed by atoms with E-state index in [1.54, 1.807) is 11.8 Å². The predicted molar refractivity (Wildman–Crippen MR) is 67.3 cm³/mol. The van der Waals surface area contributed by atoms with Gasteiger partial charge in [0.15, 0.2) is 0 Å². The van der Waals surface area contributed by atoms with E-state index in [1.807, 2.05) is 20.1 Å². The number of hydrogen-bond acceptors (Lipinski definition) is 4. The first-order chi connectivity index (χ1) is 7.47. The molecule has 16 heavy (non-hydrogen) atoms. The summed E-state index contributed by atoms with van der Waals surface area (Å²) in [4.78, 5) is 22.6. The number of amides is 2. The van der Waals surface area contributed by atoms with Crippen molar-refractivity contribution in [1.29, 1.82) is 0 Å². The number of hydrogen-bond donors (Lipinski definition) is 3. The molecule has 0 spiro atoms. The minimum Gasteiger partial charge on any atom is -0.352 e. The van der Waals surface area contributed by atoms with E-state index in [-0.39, 0.29) is 24.4 Å². The maximum atomic E-state index is 11.4. The zero-order valence-corrected chi connectivity index (χ0v) is 10.9. The van der Waals surface area contributed by atoms with Gasteiger partial charge in [0.25, 0.3) is 0 Å². The largest absolute Gasteiger partial charge is 0.352 e. The van der Waals surface area contributed by atoms with Crippen molar-refractivity contribution in [3.05, 3.63) is 0 Å². The molecule has 0 aromatic heterocycles. The third-order valence-electron chi connectivity index (χ3n) is 1.84. The highest BCUT2D eigenvalue weighted by molar-refractivity contribution is 7.98. The molecule has 0 bridgehead atoms. The summed E-state index contributed by atoms with van der Waals surface area (Å²) in [5.41, 5.74) is 5.63. The van der Waals surface area contributed by atoms with Crippen LogP contribution in [-0.2, 0) is 9.59 Å². The number of thioether (sulfide) groups is 1. The molecular weight excluding hydrogens is 226 g/mol. The van der Waals surface area contributed by atoms with Gasteiger partial charge in [0, 0.05) is 6.04 Å². The van der Waals surface area contributed by atoms with E-state index in [4.69, 9.17) is 5.73 Å². The van der Waals surface area contributed by atoms with Gasteiger partial charge in [-0.05, 0) is 32.3 Å². The number of carbonyl (C=O) groups is 2. The van der Waals surface area contributed by atoms with Crippen molar-refractivity contribution >= 4 is 23.6 Å². The average Bonchev–Trinajstić information content (AvgIpc) is 2.21. The van der Waals surface area contributed by atoms with E-state index >= 15 is 0 Å². The molecule has 0 aliphatic carbocycles. The van der Waals surface area contributed by atoms with Crippen LogP contribution in [0.5, 0.6) is 0 Å². The topological polar surface area (TPSA) is 84.2 Å². The van der Waals surface area contributed by atoms with Crippen LogP contribution in [0.25, 0.3) is 0 Å². The summed E-state index contributed by atoms with van der Waals surface area (Å²) in [6, 6.07) is -0.450. The van der Waals surface area contributed by atoms with Crippen molar-refractivity contribution in [3.63, 3.8) is 0 Å². The summed E-state index contributed by atoms with van der Waals surface area (Å²) >= 11 is 1.64. The van der Waals surface area contributed by atoms with Crippen LogP contribution >= 0.6 is 11.8 Å². The second-order valence-electron chi connectivity index (χ2n) is 3.83. The van der Waals surface area contributed by atoms with Crippen LogP contribution in [0.3, 0.4) is 0 Å². The predicted octanol–water partition coefficient (Wildman–Crippen LogP) is -0.292. The van der Waals surface area contributed by atoms with Crippen LogP contribution in [0.4, 0.5) is 0 Å². The molecule has 0 aliphatic rings. The van der Waals surface area contributed by atoms with Crippen LogP contribution < -0.4 is 16.4 Å². The Morgan fingerprint density at radius 3 is 2.50 bits per heavy atom. The minimum absolute atomic E-state index is 0.00994. The minimum atomic E-state index is -0.528. The van der Waals surface area contributed by atoms with Crippen molar-refractivity contribution < 1.29 is 9.59 Å². The van der Waals surface area contributed by atoms with Gasteiger partial charge in [-0.1, -0.05) is 0 Å². The molecule has 0 saturated carbocycles. The molecule has 0 saturated heterocycles. The first kappa shape index (κ1) is 15.2. The molecule has 0 radical (unpaired) electrons. The Bertz CT molecular complexity index is 234. The Balaban J connectivity index is 3.75. The molecule has 0 aromatic carbocycles. The van der Waals surface area contributed by atoms with Gasteiger partial charge in [0.1, 0.15) is 0 Å². The van der Waals surface area contributed by atoms with Gasteiger partial charge in [0.2, 0.25) is 11.8 Å². The van der Waals surface area contributed by atoms with Crippen LogP contribution in [0, 0.1) is 0 Å². The Kier molecular flexibility index (Phi) is 8.01. The van der Waals surface area contributed by atoms with Gasteiger partial charge >= 0.3 is 0 Å². The summed E-state index contributed by atoms with van der Waals surface area (Å²) in [6.45, 7) is 3.72. The Morgan fingerprint density at radius 2 is 2.00 bits per heavy atom. The summed E-state index contributed by atoms with van der Waals surface area (Å²) in [7, 11) is 0. The normalized spacial score (nSPS) is 12.3. The quantitative estimate of drug-likeness (QED) is 0.577. The average molecular weight is 247 g/mol. The summed E-state index contributed by atoms with van der Waals surface area (Å²) in [6.07, 6.45) is 2.58. The van der Waals surface area contributed by atoms with Crippen molar-refractivity contribution in [1.82, 2.24) is 10.6 Å². The third kappa shape index (κ3) is 7.53. The fourth-order valence-electron chi connectivity index (χ4n) is 1.05. The second-order valence-corrected chi connectivity index (χ2v) is 4.81. The second kappa shape index (κ2) is 8.41. The summed E-state index contributed by atoms with van der Waals surface area (Å²) in [5, 5.41) is 5.19. The van der Waals surface area contributed by atoms with Crippen LogP contribution in [0.1, 0.15) is 20.3 Å². The zero-order valence-electron chi connectivity index (χ0n) is 10.1. The highest BCUT2D eigenvalue weighted by Gasteiger charge is 2.13. The molecule has 94 valence electrons. The molecule has 4 N–H and O–H groups in total. The van der Waals surface area contributed by atoms with E-state index in [0.717, 1.165) is 5.75 Å². The number of nitrogens with one attached hydrogen (secondary N) is 2. The van der Waals surface area contributed by atoms with Gasteiger partial charge in [-0.15, -0.1) is 0 Å². The molecule has 0 unspecified atom stereocenters. The molecule has 0 aliphatic heterocycles. The molecule has 2 amide bonds. The standard InChI is InChI=1S/C10H21N3O2S/c1-7(2)13-9(14)6-12-10(15)8(11)4-5-16-3/h7-8H,4-6,11H2,1-3H3,(H,12,15)(H,13,14)/t8-/m1/s1. The van der Waals surface area contributed by atoms with Gasteiger partial charge in [-0.3, -0.25) is 9.59 Å². The Labute approximate surface area is 101 Å². The van der Waals surface area contributed by atoms with Gasteiger partial charge in [0.05, 0.1) is 12.6 Å². The van der Waals surface area contributed by atoms with Gasteiger partial charge in [-0.2, -0.15) is 11.8 Å². The first-order valence-electron chi connectivity index (χ1n) is 5.29. The Hall–Kier alpha value is -0.750. The van der Waals surface area contributed by atoms with Crippen LogP contribution in [-0.4, -0.2) is 42.5 Å². The van der Waals surface area contributed by atoms with E-state index in [9.17, 15) is 9.59 Å². The maximum absolute atomic E-state index is 11.4. The van der Waals surface area contributed by atoms with Gasteiger partial charge < -0.3 is 16.4 Å². The highest BCUT2D eigenvalue weighted by atomic mass is 32.2. The maximum Gasteiger partial charge on any atom is 0.239 e. The monoisotopic (exact) mass is 247 g/mol. The molecule has 6 heteroatoms. The zero-order chi connectivity index (χ0) is 12.6. The van der Waals surface area contributed by atoms with Crippen molar-refractivity contribution in [2.24, 2.45) is 5.73 Å². The van der Waals surface area contributed by atoms with Crippen LogP contribution in [0.15, 0.2) is 0 Å². The van der Waals surface area contributed by atoms with Crippen molar-refractivity contribution in [2.45, 2.75) is 32.4 Å². The molecule has 0 aromatic rings. The lowest BCUT2D eigenvalue weighted by Gasteiger charge is -2.12. The first-order valence-corrected chi connectivity index (χ1v) is 6.68. The fraction of sp³-hybridized carbons (Fsp3) is 0.800. The number of rotatable bonds is 7. The van der Waals surface area contributed by atoms with E-state index < -0.39 is 6.04 Å². The third-order valence-corrected chi connectivity index (χ3v) is 2.49. The van der Waals surface area contributed by atoms with Crippen molar-refractivity contribution in [3.8, 4) is 0 Å². The summed E-state index contributed by atoms with van der Waals surface area (Å²) < 4.78 is 0. The molecular formula is C10H21N3O2S. The van der Waals surface area contributed by atoms with Gasteiger partial charge in [-0.25, -0.2) is 0 Å². The van der Waals surface area contributed by atoms with Crippen LogP contribution in [0.2, 0.25) is 0 Å². The number of nitrogens with two attached hydrogens (primary N) is 1.